The molecule has 0 aliphatic carbocycles. The molecule has 0 saturated carbocycles. The van der Waals surface area contributed by atoms with E-state index < -0.39 is 0 Å². The third-order valence-electron chi connectivity index (χ3n) is 4.03. The van der Waals surface area contributed by atoms with E-state index in [0.29, 0.717) is 26.4 Å². The van der Waals surface area contributed by atoms with Gasteiger partial charge in [0.2, 0.25) is 0 Å². The maximum Gasteiger partial charge on any atom is 0.191 e. The molecule has 0 spiro atoms. The zero-order valence-electron chi connectivity index (χ0n) is 17.6. The predicted molar refractivity (Wildman–Crippen MR) is 127 cm³/mol. The summed E-state index contributed by atoms with van der Waals surface area (Å²) < 4.78 is 16.9. The second-order valence-electron chi connectivity index (χ2n) is 6.28. The van der Waals surface area contributed by atoms with Crippen LogP contribution in [0.2, 0.25) is 0 Å². The quantitative estimate of drug-likeness (QED) is 0.164. The van der Waals surface area contributed by atoms with E-state index in [-0.39, 0.29) is 30.1 Å². The average molecular weight is 507 g/mol. The number of ether oxygens (including phenoxy) is 3. The molecule has 1 atom stereocenters. The fourth-order valence-electron chi connectivity index (χ4n) is 2.39. The van der Waals surface area contributed by atoms with Gasteiger partial charge in [0, 0.05) is 33.4 Å². The van der Waals surface area contributed by atoms with Gasteiger partial charge in [-0.05, 0) is 25.3 Å². The molecular formula is C21H38IN3O3. The van der Waals surface area contributed by atoms with Gasteiger partial charge < -0.3 is 24.8 Å². The summed E-state index contributed by atoms with van der Waals surface area (Å²) in [6.45, 7) is 9.23. The molecule has 7 heteroatoms. The smallest absolute Gasteiger partial charge is 0.191 e. The lowest BCUT2D eigenvalue weighted by Gasteiger charge is -2.15. The van der Waals surface area contributed by atoms with E-state index in [1.807, 2.05) is 18.2 Å². The summed E-state index contributed by atoms with van der Waals surface area (Å²) >= 11 is 0. The maximum atomic E-state index is 5.87. The summed E-state index contributed by atoms with van der Waals surface area (Å²) in [6, 6.07) is 10.3. The summed E-state index contributed by atoms with van der Waals surface area (Å²) in [4.78, 5) is 4.21. The van der Waals surface area contributed by atoms with Gasteiger partial charge in [-0.1, -0.05) is 43.7 Å². The van der Waals surface area contributed by atoms with E-state index in [1.165, 1.54) is 5.56 Å². The molecule has 6 nitrogen and oxygen atoms in total. The molecule has 1 rings (SSSR count). The third kappa shape index (κ3) is 14.1. The second-order valence-corrected chi connectivity index (χ2v) is 6.28. The van der Waals surface area contributed by atoms with Crippen LogP contribution in [0.5, 0.6) is 0 Å². The lowest BCUT2D eigenvalue weighted by Crippen LogP contribution is -2.39. The van der Waals surface area contributed by atoms with Crippen LogP contribution in [0, 0.1) is 0 Å². The lowest BCUT2D eigenvalue weighted by molar-refractivity contribution is 0.0487. The molecule has 0 bridgehead atoms. The summed E-state index contributed by atoms with van der Waals surface area (Å²) in [7, 11) is 1.77. The largest absolute Gasteiger partial charge is 0.379 e. The first-order chi connectivity index (χ1) is 13.3. The minimum Gasteiger partial charge on any atom is -0.379 e. The van der Waals surface area contributed by atoms with Gasteiger partial charge in [0.05, 0.1) is 25.9 Å². The van der Waals surface area contributed by atoms with Gasteiger partial charge in [-0.3, -0.25) is 4.99 Å². The van der Waals surface area contributed by atoms with Crippen LogP contribution >= 0.6 is 24.0 Å². The number of nitrogens with one attached hydrogen (secondary N) is 2. The SMILES string of the molecule is CCCCOCCOCCNC(=NC)NCCCOC(C)c1ccccc1.I. The number of guanidine groups is 1. The molecule has 162 valence electrons. The Morgan fingerprint density at radius 2 is 1.61 bits per heavy atom. The summed E-state index contributed by atoms with van der Waals surface area (Å²) in [5, 5.41) is 6.53. The second kappa shape index (κ2) is 19.4. The Hall–Kier alpha value is -0.900. The number of halogens is 1. The van der Waals surface area contributed by atoms with Gasteiger partial charge in [0.25, 0.3) is 0 Å². The molecule has 0 saturated heterocycles. The predicted octanol–water partition coefficient (Wildman–Crippen LogP) is 3.77. The van der Waals surface area contributed by atoms with Gasteiger partial charge in [0.15, 0.2) is 5.96 Å². The summed E-state index contributed by atoms with van der Waals surface area (Å²) in [5.74, 6) is 0.786. The molecule has 0 aromatic heterocycles. The number of hydrogen-bond acceptors (Lipinski definition) is 4. The van der Waals surface area contributed by atoms with Crippen LogP contribution < -0.4 is 10.6 Å². The van der Waals surface area contributed by atoms with Crippen LogP contribution in [-0.4, -0.2) is 59.1 Å². The number of aliphatic imine (C=N–C) groups is 1. The minimum absolute atomic E-state index is 0. The Kier molecular flexibility index (Phi) is 18.8. The molecule has 1 aromatic carbocycles. The van der Waals surface area contributed by atoms with Crippen LogP contribution in [0.1, 0.15) is 44.8 Å². The fourth-order valence-corrected chi connectivity index (χ4v) is 2.39. The lowest BCUT2D eigenvalue weighted by atomic mass is 10.1. The highest BCUT2D eigenvalue weighted by Crippen LogP contribution is 2.15. The Balaban J connectivity index is 0.00000729. The van der Waals surface area contributed by atoms with Crippen molar-refractivity contribution >= 4 is 29.9 Å². The molecule has 1 unspecified atom stereocenters. The number of benzene rings is 1. The van der Waals surface area contributed by atoms with Crippen molar-refractivity contribution in [2.24, 2.45) is 4.99 Å². The van der Waals surface area contributed by atoms with E-state index in [2.05, 4.69) is 41.6 Å². The van der Waals surface area contributed by atoms with Crippen molar-refractivity contribution in [2.45, 2.75) is 39.2 Å². The van der Waals surface area contributed by atoms with Gasteiger partial charge in [0.1, 0.15) is 0 Å². The Labute approximate surface area is 187 Å². The Morgan fingerprint density at radius 3 is 2.29 bits per heavy atom. The van der Waals surface area contributed by atoms with Gasteiger partial charge in [-0.15, -0.1) is 24.0 Å². The van der Waals surface area contributed by atoms with E-state index in [1.54, 1.807) is 7.05 Å². The zero-order chi connectivity index (χ0) is 19.6. The van der Waals surface area contributed by atoms with Gasteiger partial charge >= 0.3 is 0 Å². The van der Waals surface area contributed by atoms with Crippen molar-refractivity contribution in [3.8, 4) is 0 Å². The molecule has 0 fully saturated rings. The number of unbranched alkanes of at least 4 members (excludes halogenated alkanes) is 1. The molecule has 0 aliphatic rings. The molecular weight excluding hydrogens is 469 g/mol. The summed E-state index contributed by atoms with van der Waals surface area (Å²) in [5.41, 5.74) is 1.21. The van der Waals surface area contributed by atoms with Gasteiger partial charge in [-0.25, -0.2) is 0 Å². The third-order valence-corrected chi connectivity index (χ3v) is 4.03. The van der Waals surface area contributed by atoms with Crippen molar-refractivity contribution < 1.29 is 14.2 Å². The van der Waals surface area contributed by atoms with E-state index in [9.17, 15) is 0 Å². The van der Waals surface area contributed by atoms with E-state index >= 15 is 0 Å². The zero-order valence-corrected chi connectivity index (χ0v) is 19.9. The Bertz CT molecular complexity index is 489. The van der Waals surface area contributed by atoms with Gasteiger partial charge in [-0.2, -0.15) is 0 Å². The van der Waals surface area contributed by atoms with Crippen LogP contribution in [0.25, 0.3) is 0 Å². The van der Waals surface area contributed by atoms with Crippen molar-refractivity contribution in [1.29, 1.82) is 0 Å². The van der Waals surface area contributed by atoms with E-state index in [0.717, 1.165) is 44.9 Å². The van der Waals surface area contributed by atoms with Crippen molar-refractivity contribution in [3.63, 3.8) is 0 Å². The normalized spacial score (nSPS) is 12.3. The first kappa shape index (κ1) is 27.1. The van der Waals surface area contributed by atoms with Crippen LogP contribution in [0.15, 0.2) is 35.3 Å². The van der Waals surface area contributed by atoms with Crippen molar-refractivity contribution in [2.75, 3.05) is 53.2 Å². The molecule has 28 heavy (non-hydrogen) atoms. The fraction of sp³-hybridized carbons (Fsp3) is 0.667. The molecule has 2 N–H and O–H groups in total. The molecule has 0 aliphatic heterocycles. The van der Waals surface area contributed by atoms with Crippen molar-refractivity contribution in [1.82, 2.24) is 10.6 Å². The molecule has 0 amide bonds. The van der Waals surface area contributed by atoms with Crippen molar-refractivity contribution in [3.05, 3.63) is 35.9 Å². The molecule has 1 aromatic rings. The van der Waals surface area contributed by atoms with Crippen LogP contribution in [0.4, 0.5) is 0 Å². The topological polar surface area (TPSA) is 64.1 Å². The number of nitrogens with zero attached hydrogens (tertiary/aromatic N) is 1. The Morgan fingerprint density at radius 1 is 0.929 bits per heavy atom. The monoisotopic (exact) mass is 507 g/mol. The highest BCUT2D eigenvalue weighted by molar-refractivity contribution is 14.0. The first-order valence-corrected chi connectivity index (χ1v) is 10.0. The highest BCUT2D eigenvalue weighted by atomic mass is 127. The van der Waals surface area contributed by atoms with Crippen LogP contribution in [-0.2, 0) is 14.2 Å². The maximum absolute atomic E-state index is 5.87. The number of hydrogen-bond donors (Lipinski definition) is 2. The minimum atomic E-state index is 0. The number of rotatable bonds is 15. The molecule has 0 heterocycles. The average Bonchev–Trinajstić information content (AvgIpc) is 2.71. The van der Waals surface area contributed by atoms with E-state index in [4.69, 9.17) is 14.2 Å². The first-order valence-electron chi connectivity index (χ1n) is 10.0. The standard InChI is InChI=1S/C21H37N3O3.HI/c1-4-5-14-25-17-18-26-16-13-24-21(22-3)23-12-9-15-27-19(2)20-10-7-6-8-11-20;/h6-8,10-11,19H,4-5,9,12-18H2,1-3H3,(H2,22,23,24);1H. The molecule has 0 radical (unpaired) electrons. The summed E-state index contributed by atoms with van der Waals surface area (Å²) in [6.07, 6.45) is 3.31. The van der Waals surface area contributed by atoms with Crippen LogP contribution in [0.3, 0.4) is 0 Å². The highest BCUT2D eigenvalue weighted by Gasteiger charge is 2.04.